The maximum atomic E-state index is 5.43. The van der Waals surface area contributed by atoms with E-state index in [1.807, 2.05) is 6.07 Å². The summed E-state index contributed by atoms with van der Waals surface area (Å²) in [6.45, 7) is 6.75. The standard InChI is InChI=1S/C21H28N4OS/c1-15-5-4-12-25(14-15)19-9-6-17(7-10-19)16(2)23-21(27)24-18-8-11-20(26-3)22-13-18/h6-11,13,15-16H,4-5,12,14H2,1-3H3,(H2,23,24,27)/t15-,16+/m0/s1. The van der Waals surface area contributed by atoms with Gasteiger partial charge in [-0.3, -0.25) is 0 Å². The van der Waals surface area contributed by atoms with Crippen molar-refractivity contribution >= 4 is 28.7 Å². The molecule has 1 saturated heterocycles. The lowest BCUT2D eigenvalue weighted by molar-refractivity contribution is 0.398. The Morgan fingerprint density at radius 1 is 1.26 bits per heavy atom. The minimum atomic E-state index is 0.116. The van der Waals surface area contributed by atoms with Gasteiger partial charge in [0.1, 0.15) is 0 Å². The molecule has 144 valence electrons. The fraction of sp³-hybridized carbons (Fsp3) is 0.429. The summed E-state index contributed by atoms with van der Waals surface area (Å²) in [5.74, 6) is 1.35. The molecule has 1 aromatic carbocycles. The van der Waals surface area contributed by atoms with Crippen LogP contribution in [0.3, 0.4) is 0 Å². The van der Waals surface area contributed by atoms with Crippen molar-refractivity contribution in [3.05, 3.63) is 48.2 Å². The number of rotatable bonds is 5. The minimum Gasteiger partial charge on any atom is -0.481 e. The Labute approximate surface area is 167 Å². The predicted molar refractivity (Wildman–Crippen MR) is 116 cm³/mol. The van der Waals surface area contributed by atoms with Crippen molar-refractivity contribution in [2.45, 2.75) is 32.7 Å². The van der Waals surface area contributed by atoms with Gasteiger partial charge in [0.15, 0.2) is 5.11 Å². The highest BCUT2D eigenvalue weighted by atomic mass is 32.1. The number of aromatic nitrogens is 1. The van der Waals surface area contributed by atoms with E-state index in [-0.39, 0.29) is 6.04 Å². The average Bonchev–Trinajstić information content (AvgIpc) is 2.68. The lowest BCUT2D eigenvalue weighted by atomic mass is 9.99. The number of ether oxygens (including phenoxy) is 1. The average molecular weight is 385 g/mol. The second-order valence-corrected chi connectivity index (χ2v) is 7.60. The van der Waals surface area contributed by atoms with Crippen LogP contribution in [0.1, 0.15) is 38.3 Å². The zero-order chi connectivity index (χ0) is 19.2. The Morgan fingerprint density at radius 2 is 2.04 bits per heavy atom. The molecule has 2 N–H and O–H groups in total. The molecule has 0 saturated carbocycles. The van der Waals surface area contributed by atoms with Gasteiger partial charge in [-0.2, -0.15) is 0 Å². The minimum absolute atomic E-state index is 0.116. The van der Waals surface area contributed by atoms with E-state index in [0.717, 1.165) is 24.7 Å². The highest BCUT2D eigenvalue weighted by molar-refractivity contribution is 7.80. The summed E-state index contributed by atoms with van der Waals surface area (Å²) in [7, 11) is 1.60. The number of hydrogen-bond donors (Lipinski definition) is 2. The molecule has 0 unspecified atom stereocenters. The lowest BCUT2D eigenvalue weighted by Crippen LogP contribution is -2.34. The molecule has 1 aliphatic rings. The van der Waals surface area contributed by atoms with Gasteiger partial charge in [0, 0.05) is 24.8 Å². The van der Waals surface area contributed by atoms with Crippen molar-refractivity contribution in [3.8, 4) is 5.88 Å². The van der Waals surface area contributed by atoms with Gasteiger partial charge in [-0.05, 0) is 61.7 Å². The first-order valence-electron chi connectivity index (χ1n) is 9.47. The number of pyridine rings is 1. The zero-order valence-electron chi connectivity index (χ0n) is 16.2. The first-order valence-corrected chi connectivity index (χ1v) is 9.88. The number of thiocarbonyl (C=S) groups is 1. The van der Waals surface area contributed by atoms with Crippen LogP contribution in [0.2, 0.25) is 0 Å². The molecule has 2 aromatic rings. The van der Waals surface area contributed by atoms with Crippen molar-refractivity contribution in [1.82, 2.24) is 10.3 Å². The number of benzene rings is 1. The Hall–Kier alpha value is -2.34. The van der Waals surface area contributed by atoms with Gasteiger partial charge < -0.3 is 20.3 Å². The summed E-state index contributed by atoms with van der Waals surface area (Å²) in [4.78, 5) is 6.66. The van der Waals surface area contributed by atoms with Gasteiger partial charge in [-0.1, -0.05) is 19.1 Å². The number of piperidine rings is 1. The molecule has 5 nitrogen and oxygen atoms in total. The molecule has 3 rings (SSSR count). The first-order chi connectivity index (χ1) is 13.0. The summed E-state index contributed by atoms with van der Waals surface area (Å²) in [5.41, 5.74) is 3.35. The summed E-state index contributed by atoms with van der Waals surface area (Å²) < 4.78 is 5.06. The highest BCUT2D eigenvalue weighted by Gasteiger charge is 2.17. The Morgan fingerprint density at radius 3 is 2.67 bits per heavy atom. The molecule has 0 aliphatic carbocycles. The molecule has 0 amide bonds. The second-order valence-electron chi connectivity index (χ2n) is 7.19. The molecule has 1 fully saturated rings. The molecular weight excluding hydrogens is 356 g/mol. The fourth-order valence-corrected chi connectivity index (χ4v) is 3.71. The van der Waals surface area contributed by atoms with Crippen LogP contribution in [-0.2, 0) is 0 Å². The van der Waals surface area contributed by atoms with Crippen molar-refractivity contribution in [3.63, 3.8) is 0 Å². The third-order valence-corrected chi connectivity index (χ3v) is 5.19. The summed E-state index contributed by atoms with van der Waals surface area (Å²) >= 11 is 5.43. The predicted octanol–water partition coefficient (Wildman–Crippen LogP) is 4.37. The quantitative estimate of drug-likeness (QED) is 0.747. The van der Waals surface area contributed by atoms with Crippen LogP contribution in [0.5, 0.6) is 5.88 Å². The Bertz CT molecular complexity index is 748. The molecule has 0 spiro atoms. The summed E-state index contributed by atoms with van der Waals surface area (Å²) in [6.07, 6.45) is 4.32. The first kappa shape index (κ1) is 19.4. The Balaban J connectivity index is 1.55. The Kier molecular flexibility index (Phi) is 6.50. The van der Waals surface area contributed by atoms with E-state index >= 15 is 0 Å². The second kappa shape index (κ2) is 9.04. The van der Waals surface area contributed by atoms with Crippen molar-refractivity contribution in [2.75, 3.05) is 30.4 Å². The molecule has 1 aliphatic heterocycles. The number of nitrogens with one attached hydrogen (secondary N) is 2. The van der Waals surface area contributed by atoms with Crippen molar-refractivity contribution < 1.29 is 4.74 Å². The highest BCUT2D eigenvalue weighted by Crippen LogP contribution is 2.24. The maximum absolute atomic E-state index is 5.43. The summed E-state index contributed by atoms with van der Waals surface area (Å²) in [6, 6.07) is 12.6. The molecule has 2 heterocycles. The van der Waals surface area contributed by atoms with Crippen LogP contribution >= 0.6 is 12.2 Å². The van der Waals surface area contributed by atoms with Gasteiger partial charge in [0.25, 0.3) is 0 Å². The third kappa shape index (κ3) is 5.32. The monoisotopic (exact) mass is 384 g/mol. The van der Waals surface area contributed by atoms with Gasteiger partial charge in [-0.25, -0.2) is 4.98 Å². The normalized spacial score (nSPS) is 17.9. The number of hydrogen-bond acceptors (Lipinski definition) is 4. The molecule has 1 aromatic heterocycles. The van der Waals surface area contributed by atoms with Crippen LogP contribution in [-0.4, -0.2) is 30.3 Å². The van der Waals surface area contributed by atoms with Crippen LogP contribution in [0.4, 0.5) is 11.4 Å². The van der Waals surface area contributed by atoms with Gasteiger partial charge >= 0.3 is 0 Å². The smallest absolute Gasteiger partial charge is 0.213 e. The number of methoxy groups -OCH3 is 1. The van der Waals surface area contributed by atoms with E-state index in [0.29, 0.717) is 11.0 Å². The largest absolute Gasteiger partial charge is 0.481 e. The van der Waals surface area contributed by atoms with Gasteiger partial charge in [-0.15, -0.1) is 0 Å². The van der Waals surface area contributed by atoms with E-state index in [2.05, 4.69) is 58.6 Å². The van der Waals surface area contributed by atoms with Gasteiger partial charge in [0.2, 0.25) is 5.88 Å². The number of anilines is 2. The van der Waals surface area contributed by atoms with Crippen molar-refractivity contribution in [1.29, 1.82) is 0 Å². The third-order valence-electron chi connectivity index (χ3n) is 4.97. The van der Waals surface area contributed by atoms with E-state index in [4.69, 9.17) is 17.0 Å². The topological polar surface area (TPSA) is 49.4 Å². The fourth-order valence-electron chi connectivity index (χ4n) is 3.42. The van der Waals surface area contributed by atoms with E-state index < -0.39 is 0 Å². The molecule has 0 radical (unpaired) electrons. The van der Waals surface area contributed by atoms with Crippen LogP contribution in [0.15, 0.2) is 42.6 Å². The molecule has 2 atom stereocenters. The molecular formula is C21H28N4OS. The van der Waals surface area contributed by atoms with E-state index in [1.54, 1.807) is 19.4 Å². The molecule has 6 heteroatoms. The SMILES string of the molecule is COc1ccc(NC(=S)N[C@H](C)c2ccc(N3CCC[C@H](C)C3)cc2)cn1. The molecule has 0 bridgehead atoms. The van der Waals surface area contributed by atoms with Crippen LogP contribution < -0.4 is 20.3 Å². The molecule has 27 heavy (non-hydrogen) atoms. The van der Waals surface area contributed by atoms with E-state index in [1.165, 1.54) is 24.1 Å². The van der Waals surface area contributed by atoms with Crippen LogP contribution in [0, 0.1) is 5.92 Å². The maximum Gasteiger partial charge on any atom is 0.213 e. The van der Waals surface area contributed by atoms with E-state index in [9.17, 15) is 0 Å². The van der Waals surface area contributed by atoms with Crippen LogP contribution in [0.25, 0.3) is 0 Å². The lowest BCUT2D eigenvalue weighted by Gasteiger charge is -2.33. The zero-order valence-corrected chi connectivity index (χ0v) is 17.1. The van der Waals surface area contributed by atoms with Crippen molar-refractivity contribution in [2.24, 2.45) is 5.92 Å². The summed E-state index contributed by atoms with van der Waals surface area (Å²) in [5, 5.41) is 7.06. The number of nitrogens with zero attached hydrogens (tertiary/aromatic N) is 2. The van der Waals surface area contributed by atoms with Gasteiger partial charge in [0.05, 0.1) is 25.0 Å².